The number of rotatable bonds is 11. The molecular formula is C31H37N3O2S. The molecule has 0 bridgehead atoms. The fourth-order valence-corrected chi connectivity index (χ4v) is 6.35. The predicted molar refractivity (Wildman–Crippen MR) is 153 cm³/mol. The molecule has 1 aliphatic heterocycles. The smallest absolute Gasteiger partial charge is 0.142 e. The van der Waals surface area contributed by atoms with E-state index < -0.39 is 4.75 Å². The van der Waals surface area contributed by atoms with E-state index >= 15 is 0 Å². The van der Waals surface area contributed by atoms with Gasteiger partial charge in [0.05, 0.1) is 26.0 Å². The van der Waals surface area contributed by atoms with Gasteiger partial charge >= 0.3 is 0 Å². The minimum absolute atomic E-state index is 0.259. The van der Waals surface area contributed by atoms with Gasteiger partial charge in [-0.1, -0.05) is 48.2 Å². The Labute approximate surface area is 225 Å². The number of hydrogen-bond donors (Lipinski definition) is 1. The third-order valence-electron chi connectivity index (χ3n) is 7.34. The number of methoxy groups -OCH3 is 2. The molecular weight excluding hydrogens is 478 g/mol. The Balaban J connectivity index is 1.52. The van der Waals surface area contributed by atoms with Gasteiger partial charge in [-0.15, -0.1) is 0 Å². The summed E-state index contributed by atoms with van der Waals surface area (Å²) in [4.78, 5) is 3.49. The third kappa shape index (κ3) is 6.06. The molecule has 2 unspecified atom stereocenters. The molecule has 0 saturated heterocycles. The van der Waals surface area contributed by atoms with Crippen LogP contribution in [0.2, 0.25) is 0 Å². The maximum atomic E-state index is 10.5. The molecule has 0 spiro atoms. The normalized spacial score (nSPS) is 15.1. The topological polar surface area (TPSA) is 57.5 Å². The van der Waals surface area contributed by atoms with Gasteiger partial charge in [-0.2, -0.15) is 5.26 Å². The van der Waals surface area contributed by atoms with Crippen LogP contribution in [-0.2, 0) is 11.2 Å². The fraction of sp³-hybridized carbons (Fsp3) is 0.387. The molecule has 0 saturated carbocycles. The van der Waals surface area contributed by atoms with Gasteiger partial charge in [0.2, 0.25) is 0 Å². The molecule has 0 aromatic heterocycles. The third-order valence-corrected chi connectivity index (χ3v) is 8.73. The first-order valence-electron chi connectivity index (χ1n) is 12.9. The highest BCUT2D eigenvalue weighted by Gasteiger charge is 2.34. The first-order valence-corrected chi connectivity index (χ1v) is 13.8. The number of nitriles is 1. The fourth-order valence-electron chi connectivity index (χ4n) is 5.12. The number of anilines is 1. The van der Waals surface area contributed by atoms with Crippen molar-refractivity contribution in [1.82, 2.24) is 4.90 Å². The quantitative estimate of drug-likeness (QED) is 0.276. The number of nitrogens with one attached hydrogen (secondary N) is 1. The van der Waals surface area contributed by atoms with Crippen LogP contribution >= 0.6 is 11.8 Å². The summed E-state index contributed by atoms with van der Waals surface area (Å²) in [6.07, 6.45) is 3.82. The van der Waals surface area contributed by atoms with Gasteiger partial charge in [0, 0.05) is 17.5 Å². The highest BCUT2D eigenvalue weighted by atomic mass is 32.2. The molecule has 4 rings (SSSR count). The summed E-state index contributed by atoms with van der Waals surface area (Å²) in [5, 5.41) is 14.1. The zero-order valence-corrected chi connectivity index (χ0v) is 23.1. The lowest BCUT2D eigenvalue weighted by molar-refractivity contribution is 0.253. The summed E-state index contributed by atoms with van der Waals surface area (Å²) in [5.41, 5.74) is 4.84. The molecule has 2 atom stereocenters. The van der Waals surface area contributed by atoms with Crippen LogP contribution in [0.3, 0.4) is 0 Å². The number of ether oxygens (including phenoxy) is 2. The Morgan fingerprint density at radius 1 is 1.08 bits per heavy atom. The molecule has 1 aliphatic rings. The Hall–Kier alpha value is -3.14. The zero-order chi connectivity index (χ0) is 26.3. The molecule has 0 radical (unpaired) electrons. The number of thioether (sulfide) groups is 1. The zero-order valence-electron chi connectivity index (χ0n) is 22.3. The van der Waals surface area contributed by atoms with Crippen LogP contribution in [0.5, 0.6) is 11.5 Å². The minimum Gasteiger partial charge on any atom is -0.497 e. The average Bonchev–Trinajstić information content (AvgIpc) is 2.96. The highest BCUT2D eigenvalue weighted by molar-refractivity contribution is 8.00. The van der Waals surface area contributed by atoms with E-state index in [1.165, 1.54) is 11.1 Å². The Kier molecular flexibility index (Phi) is 9.02. The van der Waals surface area contributed by atoms with Gasteiger partial charge in [-0.05, 0) is 93.2 Å². The monoisotopic (exact) mass is 515 g/mol. The molecule has 37 heavy (non-hydrogen) atoms. The Morgan fingerprint density at radius 2 is 1.89 bits per heavy atom. The number of hydrogen-bond acceptors (Lipinski definition) is 6. The molecule has 1 N–H and O–H groups in total. The summed E-state index contributed by atoms with van der Waals surface area (Å²) in [7, 11) is 5.58. The lowest BCUT2D eigenvalue weighted by Gasteiger charge is -2.32. The molecule has 0 amide bonds. The van der Waals surface area contributed by atoms with Crippen molar-refractivity contribution in [3.63, 3.8) is 0 Å². The molecule has 6 heteroatoms. The number of fused-ring (bicyclic) bond motifs is 1. The van der Waals surface area contributed by atoms with E-state index in [4.69, 9.17) is 9.47 Å². The lowest BCUT2D eigenvalue weighted by atomic mass is 9.92. The second-order valence-electron chi connectivity index (χ2n) is 9.59. The van der Waals surface area contributed by atoms with Crippen LogP contribution in [0.1, 0.15) is 48.9 Å². The first kappa shape index (κ1) is 26.9. The van der Waals surface area contributed by atoms with Gasteiger partial charge in [-0.3, -0.25) is 4.90 Å². The Bertz CT molecular complexity index is 1230. The van der Waals surface area contributed by atoms with Crippen LogP contribution in [0, 0.1) is 11.3 Å². The van der Waals surface area contributed by atoms with Crippen molar-refractivity contribution < 1.29 is 9.47 Å². The van der Waals surface area contributed by atoms with Gasteiger partial charge < -0.3 is 14.8 Å². The van der Waals surface area contributed by atoms with Gasteiger partial charge in [0.25, 0.3) is 0 Å². The van der Waals surface area contributed by atoms with Crippen molar-refractivity contribution in [3.8, 4) is 17.6 Å². The summed E-state index contributed by atoms with van der Waals surface area (Å²) in [6.45, 7) is 4.14. The average molecular weight is 516 g/mol. The van der Waals surface area contributed by atoms with E-state index in [1.54, 1.807) is 26.0 Å². The van der Waals surface area contributed by atoms with E-state index in [2.05, 4.69) is 54.5 Å². The van der Waals surface area contributed by atoms with E-state index in [0.29, 0.717) is 0 Å². The van der Waals surface area contributed by atoms with E-state index in [1.807, 2.05) is 42.5 Å². The second-order valence-corrected chi connectivity index (χ2v) is 11.0. The van der Waals surface area contributed by atoms with Crippen molar-refractivity contribution in [3.05, 3.63) is 83.4 Å². The minimum atomic E-state index is -0.705. The largest absolute Gasteiger partial charge is 0.497 e. The standard InChI is InChI=1S/C31H37N3O2S/c1-23(27-16-17-29(36-4)30-28(27)15-9-19-33-30)34(2)20-10-18-31(22-32,37-26-13-6-5-7-14-26)24-11-8-12-25(21-24)35-3/h5-8,11-14,16-17,21,23,33H,9-10,15,18-20H2,1-4H3. The maximum absolute atomic E-state index is 10.5. The second kappa shape index (κ2) is 12.4. The van der Waals surface area contributed by atoms with Gasteiger partial charge in [0.1, 0.15) is 16.2 Å². The Morgan fingerprint density at radius 3 is 2.62 bits per heavy atom. The first-order chi connectivity index (χ1) is 18.0. The summed E-state index contributed by atoms with van der Waals surface area (Å²) < 4.78 is 10.4. The summed E-state index contributed by atoms with van der Waals surface area (Å²) >= 11 is 1.63. The molecule has 0 fully saturated rings. The predicted octanol–water partition coefficient (Wildman–Crippen LogP) is 7.05. The van der Waals surface area contributed by atoms with Crippen molar-refractivity contribution in [2.24, 2.45) is 0 Å². The van der Waals surface area contributed by atoms with Crippen LogP contribution in [-0.4, -0.2) is 39.3 Å². The van der Waals surface area contributed by atoms with Crippen LogP contribution in [0.15, 0.2) is 71.6 Å². The molecule has 5 nitrogen and oxygen atoms in total. The molecule has 1 heterocycles. The van der Waals surface area contributed by atoms with Crippen molar-refractivity contribution >= 4 is 17.4 Å². The van der Waals surface area contributed by atoms with Crippen LogP contribution in [0.4, 0.5) is 5.69 Å². The van der Waals surface area contributed by atoms with Crippen molar-refractivity contribution in [2.45, 2.75) is 48.3 Å². The van der Waals surface area contributed by atoms with Crippen LogP contribution < -0.4 is 14.8 Å². The maximum Gasteiger partial charge on any atom is 0.142 e. The van der Waals surface area contributed by atoms with Crippen LogP contribution in [0.25, 0.3) is 0 Å². The summed E-state index contributed by atoms with van der Waals surface area (Å²) in [5.74, 6) is 1.69. The van der Waals surface area contributed by atoms with E-state index in [9.17, 15) is 5.26 Å². The number of nitrogens with zero attached hydrogens (tertiary/aromatic N) is 2. The lowest BCUT2D eigenvalue weighted by Crippen LogP contribution is -2.28. The van der Waals surface area contributed by atoms with Crippen molar-refractivity contribution in [2.75, 3.05) is 39.7 Å². The molecule has 3 aromatic carbocycles. The van der Waals surface area contributed by atoms with Gasteiger partial charge in [0.15, 0.2) is 0 Å². The molecule has 3 aromatic rings. The van der Waals surface area contributed by atoms with Crippen molar-refractivity contribution in [1.29, 1.82) is 5.26 Å². The van der Waals surface area contributed by atoms with E-state index in [0.717, 1.165) is 66.4 Å². The molecule has 0 aliphatic carbocycles. The van der Waals surface area contributed by atoms with E-state index in [-0.39, 0.29) is 6.04 Å². The number of benzene rings is 3. The molecule has 194 valence electrons. The highest BCUT2D eigenvalue weighted by Crippen LogP contribution is 2.45. The van der Waals surface area contributed by atoms with Gasteiger partial charge in [-0.25, -0.2) is 0 Å². The summed E-state index contributed by atoms with van der Waals surface area (Å²) in [6, 6.07) is 25.4. The SMILES string of the molecule is COc1cccc(C(C#N)(CCCN(C)C(C)c2ccc(OC)c3c2CCCN3)Sc2ccccc2)c1.